The van der Waals surface area contributed by atoms with Crippen molar-refractivity contribution in [2.75, 3.05) is 27.2 Å². The summed E-state index contributed by atoms with van der Waals surface area (Å²) in [4.78, 5) is 24.3. The van der Waals surface area contributed by atoms with Crippen LogP contribution < -0.4 is 10.6 Å². The van der Waals surface area contributed by atoms with Crippen LogP contribution in [0.15, 0.2) is 18.2 Å². The van der Waals surface area contributed by atoms with Crippen LogP contribution in [0.25, 0.3) is 0 Å². The Balaban J connectivity index is 2.44. The first-order valence-corrected chi connectivity index (χ1v) is 6.01. The van der Waals surface area contributed by atoms with Crippen LogP contribution in [0.5, 0.6) is 5.75 Å². The van der Waals surface area contributed by atoms with E-state index in [2.05, 4.69) is 10.6 Å². The predicted molar refractivity (Wildman–Crippen MR) is 72.5 cm³/mol. The summed E-state index contributed by atoms with van der Waals surface area (Å²) in [6, 6.07) is 3.99. The average molecular weight is 286 g/mol. The van der Waals surface area contributed by atoms with Crippen molar-refractivity contribution in [3.63, 3.8) is 0 Å². The molecule has 1 aromatic carbocycles. The van der Waals surface area contributed by atoms with Crippen LogP contribution in [-0.4, -0.2) is 49.1 Å². The monoisotopic (exact) mass is 285 g/mol. The number of benzene rings is 1. The summed E-state index contributed by atoms with van der Waals surface area (Å²) in [5.41, 5.74) is 0.103. The van der Waals surface area contributed by atoms with Crippen molar-refractivity contribution < 1.29 is 14.7 Å². The highest BCUT2D eigenvalue weighted by atomic mass is 35.5. The Labute approximate surface area is 116 Å². The van der Waals surface area contributed by atoms with Crippen molar-refractivity contribution in [2.24, 2.45) is 0 Å². The van der Waals surface area contributed by atoms with Gasteiger partial charge in [0.25, 0.3) is 5.91 Å². The number of phenols is 1. The highest BCUT2D eigenvalue weighted by Crippen LogP contribution is 2.20. The van der Waals surface area contributed by atoms with Crippen molar-refractivity contribution in [3.05, 3.63) is 28.8 Å². The highest BCUT2D eigenvalue weighted by molar-refractivity contribution is 6.31. The van der Waals surface area contributed by atoms with Gasteiger partial charge in [-0.25, -0.2) is 4.79 Å². The van der Waals surface area contributed by atoms with E-state index in [9.17, 15) is 14.7 Å². The zero-order chi connectivity index (χ0) is 14.4. The first-order chi connectivity index (χ1) is 8.91. The number of phenolic OH excluding ortho intramolecular Hbond substituents is 1. The minimum atomic E-state index is -0.445. The molecule has 0 aliphatic heterocycles. The molecule has 0 radical (unpaired) electrons. The zero-order valence-electron chi connectivity index (χ0n) is 10.7. The largest absolute Gasteiger partial charge is 0.507 e. The number of nitrogens with zero attached hydrogens (tertiary/aromatic N) is 1. The Morgan fingerprint density at radius 1 is 1.26 bits per heavy atom. The molecule has 0 saturated carbocycles. The minimum Gasteiger partial charge on any atom is -0.507 e. The van der Waals surface area contributed by atoms with Crippen LogP contribution >= 0.6 is 11.6 Å². The lowest BCUT2D eigenvalue weighted by Crippen LogP contribution is -2.39. The van der Waals surface area contributed by atoms with Crippen molar-refractivity contribution in [3.8, 4) is 5.75 Å². The number of hydrogen-bond donors (Lipinski definition) is 3. The summed E-state index contributed by atoms with van der Waals surface area (Å²) >= 11 is 5.74. The Kier molecular flexibility index (Phi) is 5.44. The van der Waals surface area contributed by atoms with Gasteiger partial charge in [-0.2, -0.15) is 0 Å². The molecule has 0 aliphatic carbocycles. The molecule has 0 bridgehead atoms. The van der Waals surface area contributed by atoms with E-state index < -0.39 is 5.91 Å². The summed E-state index contributed by atoms with van der Waals surface area (Å²) in [6.07, 6.45) is 0. The second-order valence-electron chi connectivity index (χ2n) is 4.04. The molecular formula is C12H16ClN3O3. The minimum absolute atomic E-state index is 0.103. The first kappa shape index (κ1) is 15.1. The SMILES string of the molecule is CN(C)C(=O)NCCNC(=O)c1cc(Cl)ccc1O. The molecule has 19 heavy (non-hydrogen) atoms. The Hall–Kier alpha value is -1.95. The molecular weight excluding hydrogens is 270 g/mol. The highest BCUT2D eigenvalue weighted by Gasteiger charge is 2.11. The number of aromatic hydroxyl groups is 1. The zero-order valence-corrected chi connectivity index (χ0v) is 11.5. The molecule has 104 valence electrons. The fraction of sp³-hybridized carbons (Fsp3) is 0.333. The molecule has 0 saturated heterocycles. The lowest BCUT2D eigenvalue weighted by molar-refractivity contribution is 0.0951. The van der Waals surface area contributed by atoms with E-state index in [1.807, 2.05) is 0 Å². The number of hydrogen-bond acceptors (Lipinski definition) is 3. The Bertz CT molecular complexity index is 477. The lowest BCUT2D eigenvalue weighted by Gasteiger charge is -2.12. The molecule has 1 rings (SSSR count). The maximum atomic E-state index is 11.7. The fourth-order valence-electron chi connectivity index (χ4n) is 1.29. The molecule has 3 N–H and O–H groups in total. The normalized spacial score (nSPS) is 9.84. The number of carbonyl (C=O) groups excluding carboxylic acids is 2. The van der Waals surface area contributed by atoms with Crippen molar-refractivity contribution >= 4 is 23.5 Å². The van der Waals surface area contributed by atoms with Crippen molar-refractivity contribution in [1.82, 2.24) is 15.5 Å². The quantitative estimate of drug-likeness (QED) is 0.723. The van der Waals surface area contributed by atoms with Gasteiger partial charge in [0.05, 0.1) is 5.56 Å². The van der Waals surface area contributed by atoms with Gasteiger partial charge in [0.1, 0.15) is 5.75 Å². The van der Waals surface area contributed by atoms with Crippen LogP contribution in [0.1, 0.15) is 10.4 Å². The molecule has 1 aromatic rings. The molecule has 7 heteroatoms. The van der Waals surface area contributed by atoms with E-state index in [0.29, 0.717) is 11.6 Å². The number of urea groups is 1. The van der Waals surface area contributed by atoms with Crippen LogP contribution in [0.3, 0.4) is 0 Å². The maximum absolute atomic E-state index is 11.7. The predicted octanol–water partition coefficient (Wildman–Crippen LogP) is 1.05. The van der Waals surface area contributed by atoms with E-state index in [4.69, 9.17) is 11.6 Å². The smallest absolute Gasteiger partial charge is 0.316 e. The number of nitrogens with one attached hydrogen (secondary N) is 2. The van der Waals surface area contributed by atoms with Gasteiger partial charge in [0.2, 0.25) is 0 Å². The van der Waals surface area contributed by atoms with E-state index in [0.717, 1.165) is 0 Å². The van der Waals surface area contributed by atoms with E-state index >= 15 is 0 Å². The van der Waals surface area contributed by atoms with Crippen molar-refractivity contribution in [1.29, 1.82) is 0 Å². The molecule has 0 aliphatic rings. The molecule has 6 nitrogen and oxygen atoms in total. The van der Waals surface area contributed by atoms with Gasteiger partial charge in [0, 0.05) is 32.2 Å². The topological polar surface area (TPSA) is 81.7 Å². The van der Waals surface area contributed by atoms with Crippen molar-refractivity contribution in [2.45, 2.75) is 0 Å². The van der Waals surface area contributed by atoms with E-state index in [1.165, 1.54) is 23.1 Å². The van der Waals surface area contributed by atoms with Gasteiger partial charge in [-0.15, -0.1) is 0 Å². The molecule has 0 unspecified atom stereocenters. The third-order valence-corrected chi connectivity index (χ3v) is 2.53. The van der Waals surface area contributed by atoms with E-state index in [1.54, 1.807) is 14.1 Å². The fourth-order valence-corrected chi connectivity index (χ4v) is 1.46. The molecule has 0 aromatic heterocycles. The molecule has 0 heterocycles. The summed E-state index contributed by atoms with van der Waals surface area (Å²) in [5.74, 6) is -0.585. The third-order valence-electron chi connectivity index (χ3n) is 2.30. The summed E-state index contributed by atoms with van der Waals surface area (Å²) in [5, 5.41) is 15.1. The average Bonchev–Trinajstić information content (AvgIpc) is 2.36. The maximum Gasteiger partial charge on any atom is 0.316 e. The summed E-state index contributed by atoms with van der Waals surface area (Å²) < 4.78 is 0. The molecule has 0 atom stereocenters. The standard InChI is InChI=1S/C12H16ClN3O3/c1-16(2)12(19)15-6-5-14-11(18)9-7-8(13)3-4-10(9)17/h3-4,7,17H,5-6H2,1-2H3,(H,14,18)(H,15,19). The number of carbonyl (C=O) groups is 2. The van der Waals surface area contributed by atoms with Crippen LogP contribution in [0, 0.1) is 0 Å². The van der Waals surface area contributed by atoms with Crippen LogP contribution in [0.4, 0.5) is 4.79 Å². The third kappa shape index (κ3) is 4.67. The number of rotatable bonds is 4. The molecule has 0 fully saturated rings. The van der Waals surface area contributed by atoms with Gasteiger partial charge in [-0.3, -0.25) is 4.79 Å². The second-order valence-corrected chi connectivity index (χ2v) is 4.48. The molecule has 3 amide bonds. The number of amides is 3. The van der Waals surface area contributed by atoms with Crippen LogP contribution in [-0.2, 0) is 0 Å². The lowest BCUT2D eigenvalue weighted by atomic mass is 10.2. The van der Waals surface area contributed by atoms with Gasteiger partial charge >= 0.3 is 6.03 Å². The van der Waals surface area contributed by atoms with Crippen LogP contribution in [0.2, 0.25) is 5.02 Å². The molecule has 0 spiro atoms. The summed E-state index contributed by atoms with van der Waals surface area (Å²) in [7, 11) is 3.25. The number of halogens is 1. The van der Waals surface area contributed by atoms with E-state index in [-0.39, 0.29) is 23.9 Å². The van der Waals surface area contributed by atoms with Gasteiger partial charge in [-0.1, -0.05) is 11.6 Å². The van der Waals surface area contributed by atoms with Gasteiger partial charge in [-0.05, 0) is 18.2 Å². The Morgan fingerprint density at radius 2 is 1.89 bits per heavy atom. The summed E-state index contributed by atoms with van der Waals surface area (Å²) in [6.45, 7) is 0.550. The van der Waals surface area contributed by atoms with Gasteiger partial charge < -0.3 is 20.6 Å². The first-order valence-electron chi connectivity index (χ1n) is 5.63. The van der Waals surface area contributed by atoms with Gasteiger partial charge in [0.15, 0.2) is 0 Å². The second kappa shape index (κ2) is 6.84. The Morgan fingerprint density at radius 3 is 2.53 bits per heavy atom.